The molecule has 0 saturated heterocycles. The number of carbonyl (C=O) groups is 1. The van der Waals surface area contributed by atoms with Gasteiger partial charge < -0.3 is 14.9 Å². The number of benzene rings is 3. The van der Waals surface area contributed by atoms with Crippen molar-refractivity contribution in [3.05, 3.63) is 88.5 Å². The van der Waals surface area contributed by atoms with Crippen LogP contribution in [0.15, 0.2) is 65.8 Å². The number of carbonyl (C=O) groups excluding carboxylic acids is 1. The fourth-order valence-corrected chi connectivity index (χ4v) is 3.02. The number of phenolic OH excluding ortho intramolecular Hbond substituents is 2. The normalized spacial score (nSPS) is 11.1. The van der Waals surface area contributed by atoms with Gasteiger partial charge in [0, 0.05) is 17.2 Å². The summed E-state index contributed by atoms with van der Waals surface area (Å²) in [6.45, 7) is 6.71. The van der Waals surface area contributed by atoms with Crippen LogP contribution < -0.4 is 10.2 Å². The van der Waals surface area contributed by atoms with E-state index in [0.29, 0.717) is 23.7 Å². The molecule has 0 aliphatic heterocycles. The van der Waals surface area contributed by atoms with Crippen molar-refractivity contribution in [3.8, 4) is 17.2 Å². The summed E-state index contributed by atoms with van der Waals surface area (Å²) in [5.74, 6) is 0.694. The van der Waals surface area contributed by atoms with Gasteiger partial charge in [-0.2, -0.15) is 5.10 Å². The topological polar surface area (TPSA) is 91.2 Å². The molecule has 0 bridgehead atoms. The van der Waals surface area contributed by atoms with Crippen LogP contribution in [0.4, 0.5) is 0 Å². The summed E-state index contributed by atoms with van der Waals surface area (Å²) < 4.78 is 6.03. The molecule has 0 aromatic heterocycles. The Bertz CT molecular complexity index is 1090. The predicted molar refractivity (Wildman–Crippen MR) is 121 cm³/mol. The highest BCUT2D eigenvalue weighted by atomic mass is 16.5. The first-order valence-corrected chi connectivity index (χ1v) is 10.0. The summed E-state index contributed by atoms with van der Waals surface area (Å²) in [5.41, 5.74) is 6.51. The molecule has 3 aromatic rings. The third-order valence-electron chi connectivity index (χ3n) is 4.79. The highest BCUT2D eigenvalue weighted by molar-refractivity contribution is 5.95. The van der Waals surface area contributed by atoms with Crippen LogP contribution >= 0.6 is 0 Å². The van der Waals surface area contributed by atoms with Crippen molar-refractivity contribution in [1.82, 2.24) is 5.43 Å². The Morgan fingerprint density at radius 2 is 1.81 bits per heavy atom. The third kappa shape index (κ3) is 5.85. The van der Waals surface area contributed by atoms with Crippen molar-refractivity contribution in [1.29, 1.82) is 0 Å². The second-order valence-corrected chi connectivity index (χ2v) is 7.62. The van der Waals surface area contributed by atoms with Crippen molar-refractivity contribution < 1.29 is 19.7 Å². The van der Waals surface area contributed by atoms with E-state index in [1.54, 1.807) is 12.1 Å². The molecule has 1 amide bonds. The van der Waals surface area contributed by atoms with Gasteiger partial charge in [-0.25, -0.2) is 5.43 Å². The molecule has 3 rings (SSSR count). The van der Waals surface area contributed by atoms with Crippen LogP contribution in [0.5, 0.6) is 17.2 Å². The Morgan fingerprint density at radius 1 is 1.06 bits per heavy atom. The minimum Gasteiger partial charge on any atom is -0.508 e. The average Bonchev–Trinajstić information content (AvgIpc) is 2.74. The van der Waals surface area contributed by atoms with Crippen molar-refractivity contribution in [2.24, 2.45) is 5.10 Å². The second kappa shape index (κ2) is 9.80. The zero-order valence-electron chi connectivity index (χ0n) is 17.8. The van der Waals surface area contributed by atoms with E-state index < -0.39 is 0 Å². The van der Waals surface area contributed by atoms with Crippen LogP contribution in [0.1, 0.15) is 52.4 Å². The van der Waals surface area contributed by atoms with Crippen molar-refractivity contribution in [3.63, 3.8) is 0 Å². The summed E-state index contributed by atoms with van der Waals surface area (Å²) in [6, 6.07) is 17.4. The molecular formula is C25H26N2O4. The second-order valence-electron chi connectivity index (χ2n) is 7.62. The monoisotopic (exact) mass is 418 g/mol. The van der Waals surface area contributed by atoms with E-state index in [2.05, 4.69) is 36.5 Å². The van der Waals surface area contributed by atoms with Gasteiger partial charge in [-0.3, -0.25) is 4.79 Å². The first-order chi connectivity index (χ1) is 14.8. The predicted octanol–water partition coefficient (Wildman–Crippen LogP) is 4.87. The molecule has 3 N–H and O–H groups in total. The van der Waals surface area contributed by atoms with Gasteiger partial charge in [-0.15, -0.1) is 0 Å². The number of ether oxygens (including phenoxy) is 1. The number of hydrogen-bond acceptors (Lipinski definition) is 5. The number of hydrazone groups is 1. The van der Waals surface area contributed by atoms with Crippen LogP contribution in [0.3, 0.4) is 0 Å². The van der Waals surface area contributed by atoms with E-state index in [4.69, 9.17) is 4.74 Å². The quantitative estimate of drug-likeness (QED) is 0.377. The van der Waals surface area contributed by atoms with E-state index in [1.807, 2.05) is 25.1 Å². The number of amides is 1. The molecule has 0 radical (unpaired) electrons. The summed E-state index contributed by atoms with van der Waals surface area (Å²) in [5, 5.41) is 22.9. The lowest BCUT2D eigenvalue weighted by Crippen LogP contribution is -2.17. The molecule has 160 valence electrons. The van der Waals surface area contributed by atoms with Crippen LogP contribution in [0.2, 0.25) is 0 Å². The van der Waals surface area contributed by atoms with Gasteiger partial charge in [-0.1, -0.05) is 38.1 Å². The molecule has 0 saturated carbocycles. The molecule has 0 heterocycles. The van der Waals surface area contributed by atoms with Crippen LogP contribution in [0.25, 0.3) is 0 Å². The largest absolute Gasteiger partial charge is 0.508 e. The van der Waals surface area contributed by atoms with Gasteiger partial charge in [0.15, 0.2) is 0 Å². The molecule has 3 aromatic carbocycles. The van der Waals surface area contributed by atoms with Crippen molar-refractivity contribution >= 4 is 12.1 Å². The van der Waals surface area contributed by atoms with E-state index in [-0.39, 0.29) is 17.4 Å². The summed E-state index contributed by atoms with van der Waals surface area (Å²) in [4.78, 5) is 12.3. The standard InChI is InChI=1S/C25H26N2O4/c1-16(2)22-11-4-17(3)12-24(22)31-15-18-5-7-19(8-6-18)25(30)27-26-14-20-9-10-21(28)13-23(20)29/h4-14,16,28-29H,15H2,1-3H3,(H,27,30)/b26-14+. The first-order valence-electron chi connectivity index (χ1n) is 10.0. The van der Waals surface area contributed by atoms with Gasteiger partial charge in [0.2, 0.25) is 0 Å². The highest BCUT2D eigenvalue weighted by Crippen LogP contribution is 2.28. The SMILES string of the molecule is Cc1ccc(C(C)C)c(OCc2ccc(C(=O)N/N=C/c3ccc(O)cc3O)cc2)c1. The van der Waals surface area contributed by atoms with Crippen molar-refractivity contribution in [2.45, 2.75) is 33.3 Å². The minimum atomic E-state index is -0.372. The lowest BCUT2D eigenvalue weighted by Gasteiger charge is -2.15. The van der Waals surface area contributed by atoms with E-state index in [0.717, 1.165) is 16.9 Å². The minimum absolute atomic E-state index is 0.0504. The van der Waals surface area contributed by atoms with Gasteiger partial charge in [-0.05, 0) is 59.9 Å². The van der Waals surface area contributed by atoms with E-state index in [9.17, 15) is 15.0 Å². The molecule has 0 spiro atoms. The Hall–Kier alpha value is -3.80. The van der Waals surface area contributed by atoms with Gasteiger partial charge in [0.05, 0.1) is 6.21 Å². The van der Waals surface area contributed by atoms with E-state index in [1.165, 1.54) is 30.0 Å². The number of aromatic hydroxyl groups is 2. The molecule has 31 heavy (non-hydrogen) atoms. The average molecular weight is 418 g/mol. The smallest absolute Gasteiger partial charge is 0.271 e. The molecular weight excluding hydrogens is 392 g/mol. The highest BCUT2D eigenvalue weighted by Gasteiger charge is 2.09. The number of nitrogens with zero attached hydrogens (tertiary/aromatic N) is 1. The Balaban J connectivity index is 1.59. The van der Waals surface area contributed by atoms with Gasteiger partial charge in [0.1, 0.15) is 23.9 Å². The van der Waals surface area contributed by atoms with Crippen LogP contribution in [0, 0.1) is 6.92 Å². The van der Waals surface area contributed by atoms with Gasteiger partial charge >= 0.3 is 0 Å². The van der Waals surface area contributed by atoms with Crippen LogP contribution in [-0.4, -0.2) is 22.3 Å². The number of hydrogen-bond donors (Lipinski definition) is 3. The third-order valence-corrected chi connectivity index (χ3v) is 4.79. The Labute approximate surface area is 181 Å². The van der Waals surface area contributed by atoms with E-state index >= 15 is 0 Å². The fourth-order valence-electron chi connectivity index (χ4n) is 3.02. The van der Waals surface area contributed by atoms with Gasteiger partial charge in [0.25, 0.3) is 5.91 Å². The summed E-state index contributed by atoms with van der Waals surface area (Å²) >= 11 is 0. The molecule has 0 atom stereocenters. The molecule has 6 heteroatoms. The maximum Gasteiger partial charge on any atom is 0.271 e. The lowest BCUT2D eigenvalue weighted by atomic mass is 10.0. The van der Waals surface area contributed by atoms with Crippen LogP contribution in [-0.2, 0) is 6.61 Å². The molecule has 6 nitrogen and oxygen atoms in total. The zero-order chi connectivity index (χ0) is 22.4. The number of aryl methyl sites for hydroxylation is 1. The lowest BCUT2D eigenvalue weighted by molar-refractivity contribution is 0.0955. The van der Waals surface area contributed by atoms with Crippen molar-refractivity contribution in [2.75, 3.05) is 0 Å². The Morgan fingerprint density at radius 3 is 2.48 bits per heavy atom. The number of phenols is 2. The molecule has 0 aliphatic rings. The fraction of sp³-hybridized carbons (Fsp3) is 0.200. The first kappa shape index (κ1) is 21.9. The number of rotatable bonds is 7. The molecule has 0 fully saturated rings. The summed E-state index contributed by atoms with van der Waals surface area (Å²) in [6.07, 6.45) is 1.31. The maximum atomic E-state index is 12.3. The molecule has 0 unspecified atom stereocenters. The Kier molecular flexibility index (Phi) is 6.92. The number of nitrogens with one attached hydrogen (secondary N) is 1. The molecule has 0 aliphatic carbocycles. The maximum absolute atomic E-state index is 12.3. The summed E-state index contributed by atoms with van der Waals surface area (Å²) in [7, 11) is 0. The zero-order valence-corrected chi connectivity index (χ0v) is 17.8.